The lowest BCUT2D eigenvalue weighted by Crippen LogP contribution is -2.40. The average molecular weight is 302 g/mol. The fourth-order valence-corrected chi connectivity index (χ4v) is 2.69. The molecule has 0 spiro atoms. The van der Waals surface area contributed by atoms with Crippen molar-refractivity contribution in [2.24, 2.45) is 5.92 Å². The van der Waals surface area contributed by atoms with Gasteiger partial charge < -0.3 is 16.2 Å². The summed E-state index contributed by atoms with van der Waals surface area (Å²) < 4.78 is 38.9. The summed E-state index contributed by atoms with van der Waals surface area (Å²) in [5.41, 5.74) is 3.73. The Morgan fingerprint density at radius 3 is 2.52 bits per heavy atom. The zero-order valence-corrected chi connectivity index (χ0v) is 12.0. The second kappa shape index (κ2) is 5.75. The number of nitrogens with two attached hydrogens (primary N) is 1. The SMILES string of the molecule is CC1CCC(O)(CNc2ccc(N)cc2C(F)(F)F)CC1. The summed E-state index contributed by atoms with van der Waals surface area (Å²) in [6, 6.07) is 3.65. The molecule has 0 saturated heterocycles. The van der Waals surface area contributed by atoms with Crippen molar-refractivity contribution in [2.45, 2.75) is 44.4 Å². The highest BCUT2D eigenvalue weighted by Gasteiger charge is 2.35. The van der Waals surface area contributed by atoms with E-state index in [0.29, 0.717) is 18.8 Å². The predicted molar refractivity (Wildman–Crippen MR) is 76.9 cm³/mol. The molecule has 1 fully saturated rings. The van der Waals surface area contributed by atoms with Crippen molar-refractivity contribution in [3.63, 3.8) is 0 Å². The number of hydrogen-bond donors (Lipinski definition) is 3. The van der Waals surface area contributed by atoms with Gasteiger partial charge in [0.15, 0.2) is 0 Å². The Morgan fingerprint density at radius 2 is 1.95 bits per heavy atom. The topological polar surface area (TPSA) is 58.3 Å². The van der Waals surface area contributed by atoms with Gasteiger partial charge in [0, 0.05) is 17.9 Å². The van der Waals surface area contributed by atoms with Crippen molar-refractivity contribution in [1.29, 1.82) is 0 Å². The highest BCUT2D eigenvalue weighted by molar-refractivity contribution is 5.59. The van der Waals surface area contributed by atoms with E-state index in [9.17, 15) is 18.3 Å². The van der Waals surface area contributed by atoms with Gasteiger partial charge in [0.05, 0.1) is 11.2 Å². The maximum absolute atomic E-state index is 13.0. The van der Waals surface area contributed by atoms with Crippen LogP contribution in [0.4, 0.5) is 24.5 Å². The highest BCUT2D eigenvalue weighted by atomic mass is 19.4. The van der Waals surface area contributed by atoms with Crippen LogP contribution in [0.3, 0.4) is 0 Å². The molecule has 6 heteroatoms. The third-order valence-electron chi connectivity index (χ3n) is 4.16. The Labute approximate surface area is 122 Å². The van der Waals surface area contributed by atoms with Crippen LogP contribution in [0.5, 0.6) is 0 Å². The molecule has 0 aromatic heterocycles. The first-order chi connectivity index (χ1) is 9.70. The highest BCUT2D eigenvalue weighted by Crippen LogP contribution is 2.37. The van der Waals surface area contributed by atoms with Gasteiger partial charge in [0.2, 0.25) is 0 Å². The van der Waals surface area contributed by atoms with E-state index in [0.717, 1.165) is 18.9 Å². The molecule has 1 aliphatic rings. The Morgan fingerprint density at radius 1 is 1.33 bits per heavy atom. The molecule has 3 nitrogen and oxygen atoms in total. The molecule has 0 heterocycles. The molecule has 2 rings (SSSR count). The number of aliphatic hydroxyl groups is 1. The first-order valence-electron chi connectivity index (χ1n) is 7.13. The Bertz CT molecular complexity index is 494. The quantitative estimate of drug-likeness (QED) is 0.747. The molecule has 1 aromatic carbocycles. The lowest BCUT2D eigenvalue weighted by Gasteiger charge is -2.35. The number of nitrogen functional groups attached to an aromatic ring is 1. The summed E-state index contributed by atoms with van der Waals surface area (Å²) in [5.74, 6) is 0.563. The molecule has 0 aliphatic heterocycles. The van der Waals surface area contributed by atoms with Gasteiger partial charge in [-0.15, -0.1) is 0 Å². The summed E-state index contributed by atoms with van der Waals surface area (Å²) in [6.07, 6.45) is -1.46. The number of anilines is 2. The summed E-state index contributed by atoms with van der Waals surface area (Å²) in [7, 11) is 0. The number of alkyl halides is 3. The minimum absolute atomic E-state index is 0.0382. The number of benzene rings is 1. The fraction of sp³-hybridized carbons (Fsp3) is 0.600. The molecular formula is C15H21F3N2O. The maximum Gasteiger partial charge on any atom is 0.418 e. The van der Waals surface area contributed by atoms with Gasteiger partial charge in [-0.25, -0.2) is 0 Å². The van der Waals surface area contributed by atoms with Gasteiger partial charge in [-0.05, 0) is 49.8 Å². The van der Waals surface area contributed by atoms with Gasteiger partial charge in [-0.1, -0.05) is 6.92 Å². The van der Waals surface area contributed by atoms with Crippen molar-refractivity contribution in [3.05, 3.63) is 23.8 Å². The Balaban J connectivity index is 2.10. The van der Waals surface area contributed by atoms with E-state index in [1.54, 1.807) is 0 Å². The predicted octanol–water partition coefficient (Wildman–Crippen LogP) is 3.64. The van der Waals surface area contributed by atoms with Crippen molar-refractivity contribution < 1.29 is 18.3 Å². The first-order valence-corrected chi connectivity index (χ1v) is 7.13. The lowest BCUT2D eigenvalue weighted by atomic mass is 9.79. The fourth-order valence-electron chi connectivity index (χ4n) is 2.69. The lowest BCUT2D eigenvalue weighted by molar-refractivity contribution is -0.137. The molecule has 21 heavy (non-hydrogen) atoms. The van der Waals surface area contributed by atoms with Crippen molar-refractivity contribution >= 4 is 11.4 Å². The van der Waals surface area contributed by atoms with Crippen LogP contribution in [0.1, 0.15) is 38.2 Å². The van der Waals surface area contributed by atoms with Crippen LogP contribution < -0.4 is 11.1 Å². The second-order valence-electron chi connectivity index (χ2n) is 6.06. The average Bonchev–Trinajstić information content (AvgIpc) is 2.40. The molecule has 4 N–H and O–H groups in total. The molecule has 0 amide bonds. The van der Waals surface area contributed by atoms with Gasteiger partial charge in [0.1, 0.15) is 0 Å². The largest absolute Gasteiger partial charge is 0.418 e. The summed E-state index contributed by atoms with van der Waals surface area (Å²) in [6.45, 7) is 2.24. The molecule has 0 unspecified atom stereocenters. The van der Waals surface area contributed by atoms with Crippen LogP contribution in [0.2, 0.25) is 0 Å². The first kappa shape index (κ1) is 15.9. The smallest absolute Gasteiger partial charge is 0.399 e. The van der Waals surface area contributed by atoms with Crippen molar-refractivity contribution in [2.75, 3.05) is 17.6 Å². The number of hydrogen-bond acceptors (Lipinski definition) is 3. The van der Waals surface area contributed by atoms with E-state index in [2.05, 4.69) is 12.2 Å². The standard InChI is InChI=1S/C15H21F3N2O/c1-10-4-6-14(21,7-5-10)9-20-13-3-2-11(19)8-12(13)15(16,17)18/h2-3,8,10,20-21H,4-7,9,19H2,1H3. The van der Waals surface area contributed by atoms with Crippen LogP contribution in [-0.4, -0.2) is 17.3 Å². The third-order valence-corrected chi connectivity index (χ3v) is 4.16. The summed E-state index contributed by atoms with van der Waals surface area (Å²) in [5, 5.41) is 13.2. The van der Waals surface area contributed by atoms with Crippen molar-refractivity contribution in [3.8, 4) is 0 Å². The van der Waals surface area contributed by atoms with Gasteiger partial charge in [-0.2, -0.15) is 13.2 Å². The molecular weight excluding hydrogens is 281 g/mol. The van der Waals surface area contributed by atoms with E-state index < -0.39 is 17.3 Å². The zero-order chi connectivity index (χ0) is 15.7. The molecule has 1 aromatic rings. The Hall–Kier alpha value is -1.43. The summed E-state index contributed by atoms with van der Waals surface area (Å²) in [4.78, 5) is 0. The number of halogens is 3. The minimum Gasteiger partial charge on any atom is -0.399 e. The summed E-state index contributed by atoms with van der Waals surface area (Å²) >= 11 is 0. The third kappa shape index (κ3) is 4.03. The van der Waals surface area contributed by atoms with Crippen LogP contribution in [-0.2, 0) is 6.18 Å². The van der Waals surface area contributed by atoms with E-state index in [1.165, 1.54) is 12.1 Å². The van der Waals surface area contributed by atoms with E-state index in [1.807, 2.05) is 0 Å². The molecule has 0 atom stereocenters. The molecule has 0 bridgehead atoms. The van der Waals surface area contributed by atoms with Crippen LogP contribution in [0.25, 0.3) is 0 Å². The van der Waals surface area contributed by atoms with E-state index in [4.69, 9.17) is 5.73 Å². The monoisotopic (exact) mass is 302 g/mol. The Kier molecular flexibility index (Phi) is 4.37. The van der Waals surface area contributed by atoms with Crippen LogP contribution in [0, 0.1) is 5.92 Å². The van der Waals surface area contributed by atoms with Crippen molar-refractivity contribution in [1.82, 2.24) is 0 Å². The number of nitrogens with one attached hydrogen (secondary N) is 1. The molecule has 118 valence electrons. The zero-order valence-electron chi connectivity index (χ0n) is 12.0. The molecule has 1 saturated carbocycles. The van der Waals surface area contributed by atoms with E-state index >= 15 is 0 Å². The van der Waals surface area contributed by atoms with Crippen LogP contribution in [0.15, 0.2) is 18.2 Å². The molecule has 1 aliphatic carbocycles. The molecule has 0 radical (unpaired) electrons. The van der Waals surface area contributed by atoms with Gasteiger partial charge >= 0.3 is 6.18 Å². The van der Waals surface area contributed by atoms with Crippen LogP contribution >= 0.6 is 0 Å². The second-order valence-corrected chi connectivity index (χ2v) is 6.06. The number of rotatable bonds is 3. The maximum atomic E-state index is 13.0. The van der Waals surface area contributed by atoms with E-state index in [-0.39, 0.29) is 17.9 Å². The minimum atomic E-state index is -4.47. The van der Waals surface area contributed by atoms with Gasteiger partial charge in [0.25, 0.3) is 0 Å². The normalized spacial score (nSPS) is 26.6. The van der Waals surface area contributed by atoms with Gasteiger partial charge in [-0.3, -0.25) is 0 Å².